The van der Waals surface area contributed by atoms with Crippen LogP contribution in [0.25, 0.3) is 0 Å². The van der Waals surface area contributed by atoms with Gasteiger partial charge in [0.05, 0.1) is 0 Å². The Morgan fingerprint density at radius 3 is 2.36 bits per heavy atom. The molecular formula is C7H8O2S2. The molecule has 0 radical (unpaired) electrons. The zero-order valence-corrected chi connectivity index (χ0v) is 7.61. The molecular weight excluding hydrogens is 180 g/mol. The van der Waals surface area contributed by atoms with Crippen molar-refractivity contribution in [3.8, 4) is 0 Å². The third kappa shape index (κ3) is 3.05. The first-order valence-electron chi connectivity index (χ1n) is 3.04. The molecule has 2 nitrogen and oxygen atoms in total. The van der Waals surface area contributed by atoms with E-state index in [-0.39, 0.29) is 0 Å². The molecule has 0 aliphatic carbocycles. The Morgan fingerprint density at radius 2 is 1.91 bits per heavy atom. The van der Waals surface area contributed by atoms with Crippen molar-refractivity contribution in [2.45, 2.75) is 11.8 Å². The van der Waals surface area contributed by atoms with Gasteiger partial charge in [-0.25, -0.2) is 4.21 Å². The molecule has 1 aromatic rings. The highest BCUT2D eigenvalue weighted by Gasteiger charge is 1.96. The van der Waals surface area contributed by atoms with Gasteiger partial charge in [0, 0.05) is 15.7 Å². The molecule has 0 heterocycles. The average molecular weight is 188 g/mol. The Hall–Kier alpha value is -0.320. The Labute approximate surface area is 71.7 Å². The van der Waals surface area contributed by atoms with Crippen LogP contribution in [0.3, 0.4) is 0 Å². The third-order valence-corrected chi connectivity index (χ3v) is 2.80. The first-order chi connectivity index (χ1) is 5.18. The minimum absolute atomic E-state index is 0.816. The second-order valence-corrected chi connectivity index (χ2v) is 4.54. The lowest BCUT2D eigenvalue weighted by Gasteiger charge is -1.95. The van der Waals surface area contributed by atoms with Crippen molar-refractivity contribution in [3.63, 3.8) is 0 Å². The minimum Gasteiger partial charge on any atom is -0.297 e. The molecule has 1 atom stereocenters. The van der Waals surface area contributed by atoms with E-state index >= 15 is 0 Å². The fourth-order valence-corrected chi connectivity index (χ4v) is 1.92. The van der Waals surface area contributed by atoms with Crippen LogP contribution in [0.1, 0.15) is 5.56 Å². The molecule has 0 aromatic heterocycles. The highest BCUT2D eigenvalue weighted by molar-refractivity contribution is 8.67. The highest BCUT2D eigenvalue weighted by Crippen LogP contribution is 2.20. The standard InChI is InChI=1S/C7H8O2S2/c1-6-2-4-7(5-3-6)10-11(8)9/h2-5H,1H3,(H,8,9). The largest absolute Gasteiger partial charge is 0.297 e. The fourth-order valence-electron chi connectivity index (χ4n) is 0.676. The molecule has 60 valence electrons. The van der Waals surface area contributed by atoms with E-state index in [0.29, 0.717) is 0 Å². The van der Waals surface area contributed by atoms with Gasteiger partial charge in [-0.1, -0.05) is 17.7 Å². The molecule has 0 aliphatic heterocycles. The van der Waals surface area contributed by atoms with Crippen LogP contribution in [0, 0.1) is 6.92 Å². The van der Waals surface area contributed by atoms with Gasteiger partial charge in [0.1, 0.15) is 0 Å². The van der Waals surface area contributed by atoms with E-state index in [1.165, 1.54) is 0 Å². The number of hydrogen-bond acceptors (Lipinski definition) is 2. The van der Waals surface area contributed by atoms with Gasteiger partial charge in [0.15, 0.2) is 0 Å². The summed E-state index contributed by atoms with van der Waals surface area (Å²) in [5, 5.41) is 0. The summed E-state index contributed by atoms with van der Waals surface area (Å²) in [6.45, 7) is 1.98. The van der Waals surface area contributed by atoms with Crippen molar-refractivity contribution in [2.24, 2.45) is 0 Å². The van der Waals surface area contributed by atoms with Crippen LogP contribution in [0.15, 0.2) is 29.2 Å². The molecule has 0 saturated heterocycles. The van der Waals surface area contributed by atoms with Gasteiger partial charge in [-0.3, -0.25) is 4.55 Å². The van der Waals surface area contributed by atoms with Crippen LogP contribution in [0.5, 0.6) is 0 Å². The topological polar surface area (TPSA) is 37.3 Å². The van der Waals surface area contributed by atoms with E-state index < -0.39 is 10.1 Å². The van der Waals surface area contributed by atoms with E-state index in [4.69, 9.17) is 4.55 Å². The summed E-state index contributed by atoms with van der Waals surface area (Å²) >= 11 is 0. The SMILES string of the molecule is Cc1ccc(SS(=O)O)cc1. The lowest BCUT2D eigenvalue weighted by molar-refractivity contribution is 0.581. The Kier molecular flexibility index (Phi) is 3.11. The van der Waals surface area contributed by atoms with Crippen LogP contribution in [-0.4, -0.2) is 8.76 Å². The van der Waals surface area contributed by atoms with Crippen molar-refractivity contribution in [2.75, 3.05) is 0 Å². The number of hydrogen-bond donors (Lipinski definition) is 1. The molecule has 1 rings (SSSR count). The molecule has 11 heavy (non-hydrogen) atoms. The maximum Gasteiger partial charge on any atom is 0.221 e. The monoisotopic (exact) mass is 188 g/mol. The lowest BCUT2D eigenvalue weighted by atomic mass is 10.2. The van der Waals surface area contributed by atoms with Crippen molar-refractivity contribution >= 4 is 20.9 Å². The molecule has 0 saturated carbocycles. The summed E-state index contributed by atoms with van der Waals surface area (Å²) in [6.07, 6.45) is 0. The molecule has 4 heteroatoms. The van der Waals surface area contributed by atoms with E-state index in [1.807, 2.05) is 31.2 Å². The molecule has 0 amide bonds. The summed E-state index contributed by atoms with van der Waals surface area (Å²) in [6, 6.07) is 7.48. The number of benzene rings is 1. The van der Waals surface area contributed by atoms with Crippen LogP contribution < -0.4 is 0 Å². The summed E-state index contributed by atoms with van der Waals surface area (Å²) in [5.41, 5.74) is 1.15. The Bertz CT molecular complexity index is 256. The van der Waals surface area contributed by atoms with Crippen molar-refractivity contribution in [3.05, 3.63) is 29.8 Å². The van der Waals surface area contributed by atoms with Gasteiger partial charge in [-0.2, -0.15) is 0 Å². The zero-order chi connectivity index (χ0) is 8.27. The quantitative estimate of drug-likeness (QED) is 0.571. The second kappa shape index (κ2) is 3.90. The molecule has 0 aliphatic rings. The minimum atomic E-state index is -1.81. The van der Waals surface area contributed by atoms with Gasteiger partial charge in [-0.05, 0) is 19.1 Å². The van der Waals surface area contributed by atoms with Crippen molar-refractivity contribution < 1.29 is 8.76 Å². The van der Waals surface area contributed by atoms with Gasteiger partial charge in [0.25, 0.3) is 0 Å². The molecule has 0 spiro atoms. The fraction of sp³-hybridized carbons (Fsp3) is 0.143. The van der Waals surface area contributed by atoms with E-state index in [9.17, 15) is 4.21 Å². The number of rotatable bonds is 2. The summed E-state index contributed by atoms with van der Waals surface area (Å²) < 4.78 is 18.8. The normalized spacial score (nSPS) is 12.9. The van der Waals surface area contributed by atoms with Crippen LogP contribution >= 0.6 is 10.8 Å². The molecule has 1 aromatic carbocycles. The maximum absolute atomic E-state index is 10.3. The van der Waals surface area contributed by atoms with Crippen LogP contribution in [0.4, 0.5) is 0 Å². The van der Waals surface area contributed by atoms with Gasteiger partial charge >= 0.3 is 0 Å². The predicted octanol–water partition coefficient (Wildman–Crippen LogP) is 2.22. The zero-order valence-electron chi connectivity index (χ0n) is 5.98. The second-order valence-electron chi connectivity index (χ2n) is 2.11. The molecule has 1 N–H and O–H groups in total. The lowest BCUT2D eigenvalue weighted by Crippen LogP contribution is -1.78. The van der Waals surface area contributed by atoms with Gasteiger partial charge in [-0.15, -0.1) is 0 Å². The highest BCUT2D eigenvalue weighted by atomic mass is 33.1. The van der Waals surface area contributed by atoms with Gasteiger partial charge in [0.2, 0.25) is 10.1 Å². The van der Waals surface area contributed by atoms with E-state index in [2.05, 4.69) is 0 Å². The molecule has 1 unspecified atom stereocenters. The van der Waals surface area contributed by atoms with Crippen LogP contribution in [-0.2, 0) is 10.1 Å². The molecule has 0 fully saturated rings. The predicted molar refractivity (Wildman–Crippen MR) is 47.8 cm³/mol. The van der Waals surface area contributed by atoms with E-state index in [1.54, 1.807) is 0 Å². The molecule has 0 bridgehead atoms. The summed E-state index contributed by atoms with van der Waals surface area (Å²) in [7, 11) is -0.872. The first kappa shape index (κ1) is 8.77. The summed E-state index contributed by atoms with van der Waals surface area (Å²) in [5.74, 6) is 0. The Balaban J connectivity index is 2.74. The first-order valence-corrected chi connectivity index (χ1v) is 5.48. The maximum atomic E-state index is 10.3. The average Bonchev–Trinajstić information content (AvgIpc) is 1.93. The van der Waals surface area contributed by atoms with Crippen LogP contribution in [0.2, 0.25) is 0 Å². The third-order valence-electron chi connectivity index (χ3n) is 1.19. The summed E-state index contributed by atoms with van der Waals surface area (Å²) in [4.78, 5) is 0.816. The van der Waals surface area contributed by atoms with E-state index in [0.717, 1.165) is 21.3 Å². The van der Waals surface area contributed by atoms with Gasteiger partial charge < -0.3 is 0 Å². The smallest absolute Gasteiger partial charge is 0.221 e. The Morgan fingerprint density at radius 1 is 1.36 bits per heavy atom. The van der Waals surface area contributed by atoms with Crippen molar-refractivity contribution in [1.29, 1.82) is 0 Å². The number of aryl methyl sites for hydroxylation is 1. The van der Waals surface area contributed by atoms with Crippen molar-refractivity contribution in [1.82, 2.24) is 0 Å².